The lowest BCUT2D eigenvalue weighted by atomic mass is 10.1. The van der Waals surface area contributed by atoms with Gasteiger partial charge in [-0.3, -0.25) is 4.79 Å². The molecule has 0 atom stereocenters. The molecule has 2 rings (SSSR count). The zero-order valence-electron chi connectivity index (χ0n) is 15.5. The number of carbonyl (C=O) groups excluding carboxylic acids is 2. The van der Waals surface area contributed by atoms with Gasteiger partial charge in [-0.1, -0.05) is 32.0 Å². The Morgan fingerprint density at radius 1 is 1.04 bits per heavy atom. The van der Waals surface area contributed by atoms with Gasteiger partial charge >= 0.3 is 5.97 Å². The van der Waals surface area contributed by atoms with E-state index in [-0.39, 0.29) is 12.5 Å². The van der Waals surface area contributed by atoms with E-state index in [2.05, 4.69) is 5.32 Å². The quantitative estimate of drug-likeness (QED) is 0.723. The smallest absolute Gasteiger partial charge is 0.338 e. The van der Waals surface area contributed by atoms with E-state index >= 15 is 0 Å². The highest BCUT2D eigenvalue weighted by Gasteiger charge is 2.13. The highest BCUT2D eigenvalue weighted by molar-refractivity contribution is 5.96. The Bertz CT molecular complexity index is 753. The Kier molecular flexibility index (Phi) is 7.21. The molecule has 26 heavy (non-hydrogen) atoms. The summed E-state index contributed by atoms with van der Waals surface area (Å²) in [6.45, 7) is 6.28. The lowest BCUT2D eigenvalue weighted by Gasteiger charge is -2.13. The van der Waals surface area contributed by atoms with Gasteiger partial charge in [-0.05, 0) is 55.2 Å². The highest BCUT2D eigenvalue weighted by Crippen LogP contribution is 2.21. The van der Waals surface area contributed by atoms with Gasteiger partial charge in [0.15, 0.2) is 6.61 Å². The van der Waals surface area contributed by atoms with Crippen molar-refractivity contribution in [2.24, 2.45) is 0 Å². The van der Waals surface area contributed by atoms with Crippen LogP contribution in [0.1, 0.15) is 41.8 Å². The largest absolute Gasteiger partial charge is 0.494 e. The van der Waals surface area contributed by atoms with Gasteiger partial charge in [-0.2, -0.15) is 0 Å². The molecule has 0 radical (unpaired) electrons. The molecule has 0 saturated heterocycles. The van der Waals surface area contributed by atoms with Crippen molar-refractivity contribution in [2.45, 2.75) is 33.6 Å². The van der Waals surface area contributed by atoms with Crippen molar-refractivity contribution >= 4 is 17.6 Å². The maximum Gasteiger partial charge on any atom is 0.338 e. The molecule has 0 bridgehead atoms. The van der Waals surface area contributed by atoms with Crippen LogP contribution in [0.4, 0.5) is 5.69 Å². The molecule has 0 unspecified atom stereocenters. The monoisotopic (exact) mass is 355 g/mol. The third-order valence-electron chi connectivity index (χ3n) is 3.90. The van der Waals surface area contributed by atoms with Gasteiger partial charge in [-0.25, -0.2) is 4.79 Å². The van der Waals surface area contributed by atoms with Gasteiger partial charge in [0.25, 0.3) is 5.91 Å². The van der Waals surface area contributed by atoms with E-state index in [1.54, 1.807) is 24.3 Å². The predicted molar refractivity (Wildman–Crippen MR) is 102 cm³/mol. The van der Waals surface area contributed by atoms with Crippen molar-refractivity contribution in [3.05, 3.63) is 59.2 Å². The second-order valence-corrected chi connectivity index (χ2v) is 5.96. The van der Waals surface area contributed by atoms with Gasteiger partial charge < -0.3 is 14.8 Å². The summed E-state index contributed by atoms with van der Waals surface area (Å²) < 4.78 is 10.6. The summed E-state index contributed by atoms with van der Waals surface area (Å²) in [7, 11) is 0. The average molecular weight is 355 g/mol. The van der Waals surface area contributed by atoms with Crippen LogP contribution in [0.2, 0.25) is 0 Å². The fourth-order valence-corrected chi connectivity index (χ4v) is 2.50. The standard InChI is InChI=1S/C21H25NO4/c1-4-13-25-18-11-9-17(10-12-18)21(24)26-14-19(23)22-20-15(3)7-6-8-16(20)5-2/h6-12H,4-5,13-14H2,1-3H3,(H,22,23). The number of para-hydroxylation sites is 1. The molecule has 0 spiro atoms. The molecule has 5 nitrogen and oxygen atoms in total. The number of carbonyl (C=O) groups is 2. The van der Waals surface area contributed by atoms with Crippen LogP contribution in [0.3, 0.4) is 0 Å². The Hall–Kier alpha value is -2.82. The van der Waals surface area contributed by atoms with Crippen molar-refractivity contribution in [1.29, 1.82) is 0 Å². The summed E-state index contributed by atoms with van der Waals surface area (Å²) in [5.74, 6) is -0.194. The zero-order valence-corrected chi connectivity index (χ0v) is 15.5. The molecule has 2 aromatic carbocycles. The van der Waals surface area contributed by atoms with E-state index in [9.17, 15) is 9.59 Å². The first-order valence-electron chi connectivity index (χ1n) is 8.83. The van der Waals surface area contributed by atoms with Gasteiger partial charge in [-0.15, -0.1) is 0 Å². The fourth-order valence-electron chi connectivity index (χ4n) is 2.50. The molecule has 0 aliphatic carbocycles. The molecular weight excluding hydrogens is 330 g/mol. The first kappa shape index (κ1) is 19.5. The molecule has 1 amide bonds. The molecule has 0 aliphatic rings. The molecule has 0 heterocycles. The summed E-state index contributed by atoms with van der Waals surface area (Å²) in [5.41, 5.74) is 3.19. The summed E-state index contributed by atoms with van der Waals surface area (Å²) in [6.07, 6.45) is 1.73. The Morgan fingerprint density at radius 2 is 1.77 bits per heavy atom. The topological polar surface area (TPSA) is 64.6 Å². The minimum Gasteiger partial charge on any atom is -0.494 e. The predicted octanol–water partition coefficient (Wildman–Crippen LogP) is 4.14. The molecule has 0 saturated carbocycles. The SMILES string of the molecule is CCCOc1ccc(C(=O)OCC(=O)Nc2c(C)cccc2CC)cc1. The van der Waals surface area contributed by atoms with E-state index < -0.39 is 5.97 Å². The van der Waals surface area contributed by atoms with Crippen molar-refractivity contribution < 1.29 is 19.1 Å². The number of ether oxygens (including phenoxy) is 2. The van der Waals surface area contributed by atoms with Crippen LogP contribution in [-0.2, 0) is 16.0 Å². The molecule has 0 aliphatic heterocycles. The van der Waals surface area contributed by atoms with Crippen molar-refractivity contribution in [2.75, 3.05) is 18.5 Å². The van der Waals surface area contributed by atoms with Gasteiger partial charge in [0.05, 0.1) is 12.2 Å². The van der Waals surface area contributed by atoms with Crippen LogP contribution >= 0.6 is 0 Å². The minimum absolute atomic E-state index is 0.329. The first-order valence-corrected chi connectivity index (χ1v) is 8.83. The third-order valence-corrected chi connectivity index (χ3v) is 3.90. The van der Waals surface area contributed by atoms with Gasteiger partial charge in [0.1, 0.15) is 5.75 Å². The maximum atomic E-state index is 12.1. The number of rotatable bonds is 8. The number of hydrogen-bond acceptors (Lipinski definition) is 4. The molecule has 0 aromatic heterocycles. The Morgan fingerprint density at radius 3 is 2.42 bits per heavy atom. The normalized spacial score (nSPS) is 10.3. The number of benzene rings is 2. The molecule has 2 aromatic rings. The molecular formula is C21H25NO4. The van der Waals surface area contributed by atoms with E-state index in [0.29, 0.717) is 17.9 Å². The van der Waals surface area contributed by atoms with Crippen molar-refractivity contribution in [3.63, 3.8) is 0 Å². The van der Waals surface area contributed by atoms with E-state index in [1.807, 2.05) is 39.0 Å². The first-order chi connectivity index (χ1) is 12.5. The Labute approximate surface area is 154 Å². The van der Waals surface area contributed by atoms with Gasteiger partial charge in [0.2, 0.25) is 0 Å². The second kappa shape index (κ2) is 9.61. The number of aryl methyl sites for hydroxylation is 2. The highest BCUT2D eigenvalue weighted by atomic mass is 16.5. The average Bonchev–Trinajstić information content (AvgIpc) is 2.66. The minimum atomic E-state index is -0.539. The number of amides is 1. The van der Waals surface area contributed by atoms with E-state index in [1.165, 1.54) is 0 Å². The van der Waals surface area contributed by atoms with Crippen molar-refractivity contribution in [1.82, 2.24) is 0 Å². The summed E-state index contributed by atoms with van der Waals surface area (Å²) in [4.78, 5) is 24.2. The number of hydrogen-bond donors (Lipinski definition) is 1. The molecule has 0 fully saturated rings. The van der Waals surface area contributed by atoms with E-state index in [4.69, 9.17) is 9.47 Å². The molecule has 138 valence electrons. The van der Waals surface area contributed by atoms with Crippen LogP contribution < -0.4 is 10.1 Å². The van der Waals surface area contributed by atoms with Crippen LogP contribution in [0.15, 0.2) is 42.5 Å². The Balaban J connectivity index is 1.90. The fraction of sp³-hybridized carbons (Fsp3) is 0.333. The summed E-state index contributed by atoms with van der Waals surface area (Å²) >= 11 is 0. The lowest BCUT2D eigenvalue weighted by molar-refractivity contribution is -0.119. The number of esters is 1. The number of anilines is 1. The second-order valence-electron chi connectivity index (χ2n) is 5.96. The third kappa shape index (κ3) is 5.34. The van der Waals surface area contributed by atoms with Gasteiger partial charge in [0, 0.05) is 5.69 Å². The summed E-state index contributed by atoms with van der Waals surface area (Å²) in [6, 6.07) is 12.5. The maximum absolute atomic E-state index is 12.1. The van der Waals surface area contributed by atoms with Crippen LogP contribution in [0.25, 0.3) is 0 Å². The number of nitrogens with one attached hydrogen (secondary N) is 1. The van der Waals surface area contributed by atoms with Crippen LogP contribution in [0.5, 0.6) is 5.75 Å². The zero-order chi connectivity index (χ0) is 18.9. The molecule has 1 N–H and O–H groups in total. The van der Waals surface area contributed by atoms with Crippen molar-refractivity contribution in [3.8, 4) is 5.75 Å². The van der Waals surface area contributed by atoms with Crippen LogP contribution in [-0.4, -0.2) is 25.1 Å². The van der Waals surface area contributed by atoms with Crippen LogP contribution in [0, 0.1) is 6.92 Å². The molecule has 5 heteroatoms. The lowest BCUT2D eigenvalue weighted by Crippen LogP contribution is -2.22. The van der Waals surface area contributed by atoms with E-state index in [0.717, 1.165) is 29.7 Å². The summed E-state index contributed by atoms with van der Waals surface area (Å²) in [5, 5.41) is 2.83.